The van der Waals surface area contributed by atoms with Crippen molar-refractivity contribution in [3.05, 3.63) is 58.1 Å². The first-order valence-electron chi connectivity index (χ1n) is 7.03. The van der Waals surface area contributed by atoms with E-state index in [1.165, 1.54) is 11.1 Å². The van der Waals surface area contributed by atoms with E-state index in [4.69, 9.17) is 26.8 Å². The number of halogens is 1. The third-order valence-corrected chi connectivity index (χ3v) is 3.87. The number of aryl methyl sites for hydroxylation is 1. The van der Waals surface area contributed by atoms with Gasteiger partial charge in [0.15, 0.2) is 0 Å². The molecule has 0 saturated heterocycles. The molecule has 0 aromatic heterocycles. The van der Waals surface area contributed by atoms with E-state index in [1.54, 1.807) is 6.07 Å². The molecule has 0 saturated carbocycles. The third kappa shape index (κ3) is 3.14. The van der Waals surface area contributed by atoms with E-state index in [2.05, 4.69) is 19.1 Å². The van der Waals surface area contributed by atoms with Crippen LogP contribution in [0, 0.1) is 6.92 Å². The molecule has 110 valence electrons. The van der Waals surface area contributed by atoms with Gasteiger partial charge in [-0.3, -0.25) is 0 Å². The maximum Gasteiger partial charge on any atom is 0.137 e. The summed E-state index contributed by atoms with van der Waals surface area (Å²) in [5, 5.41) is 0.647. The molecule has 21 heavy (non-hydrogen) atoms. The number of fused-ring (bicyclic) bond motifs is 1. The monoisotopic (exact) mass is 303 g/mol. The Morgan fingerprint density at radius 2 is 2.14 bits per heavy atom. The molecule has 1 aliphatic heterocycles. The molecule has 1 atom stereocenters. The molecule has 0 fully saturated rings. The lowest BCUT2D eigenvalue weighted by Crippen LogP contribution is -2.22. The predicted molar refractivity (Wildman–Crippen MR) is 84.1 cm³/mol. The SMILES string of the molecule is Cc1ccc2c(c1)CC(COc1cc(Cl)ccc1CN)O2. The van der Waals surface area contributed by atoms with Gasteiger partial charge in [0.05, 0.1) is 0 Å². The van der Waals surface area contributed by atoms with E-state index < -0.39 is 0 Å². The number of nitrogens with two attached hydrogens (primary N) is 1. The fourth-order valence-electron chi connectivity index (χ4n) is 2.56. The molecule has 3 rings (SSSR count). The summed E-state index contributed by atoms with van der Waals surface area (Å²) < 4.78 is 11.8. The second-order valence-corrected chi connectivity index (χ2v) is 5.76. The highest BCUT2D eigenvalue weighted by Gasteiger charge is 2.23. The summed E-state index contributed by atoms with van der Waals surface area (Å²) in [6.45, 7) is 3.00. The Kier molecular flexibility index (Phi) is 4.04. The Balaban J connectivity index is 1.66. The minimum absolute atomic E-state index is 0.0337. The lowest BCUT2D eigenvalue weighted by molar-refractivity contribution is 0.148. The molecule has 0 bridgehead atoms. The molecule has 1 heterocycles. The highest BCUT2D eigenvalue weighted by molar-refractivity contribution is 6.30. The van der Waals surface area contributed by atoms with Gasteiger partial charge < -0.3 is 15.2 Å². The topological polar surface area (TPSA) is 44.5 Å². The second kappa shape index (κ2) is 5.96. The quantitative estimate of drug-likeness (QED) is 0.940. The van der Waals surface area contributed by atoms with Gasteiger partial charge >= 0.3 is 0 Å². The Hall–Kier alpha value is -1.71. The molecule has 0 radical (unpaired) electrons. The fraction of sp³-hybridized carbons (Fsp3) is 0.294. The largest absolute Gasteiger partial charge is 0.489 e. The Labute approximate surface area is 129 Å². The van der Waals surface area contributed by atoms with Crippen molar-refractivity contribution in [1.82, 2.24) is 0 Å². The van der Waals surface area contributed by atoms with E-state index >= 15 is 0 Å². The van der Waals surface area contributed by atoms with Crippen LogP contribution >= 0.6 is 11.6 Å². The smallest absolute Gasteiger partial charge is 0.137 e. The summed E-state index contributed by atoms with van der Waals surface area (Å²) >= 11 is 6.01. The van der Waals surface area contributed by atoms with Crippen molar-refractivity contribution in [2.75, 3.05) is 6.61 Å². The van der Waals surface area contributed by atoms with Crippen molar-refractivity contribution < 1.29 is 9.47 Å². The first-order chi connectivity index (χ1) is 10.2. The van der Waals surface area contributed by atoms with Crippen LogP contribution in [-0.2, 0) is 13.0 Å². The first-order valence-corrected chi connectivity index (χ1v) is 7.41. The molecule has 2 aromatic carbocycles. The summed E-state index contributed by atoms with van der Waals surface area (Å²) in [6.07, 6.45) is 0.904. The number of hydrogen-bond acceptors (Lipinski definition) is 3. The summed E-state index contributed by atoms with van der Waals surface area (Å²) in [6, 6.07) is 11.8. The number of ether oxygens (including phenoxy) is 2. The Bertz CT molecular complexity index is 657. The zero-order chi connectivity index (χ0) is 14.8. The van der Waals surface area contributed by atoms with Gasteiger partial charge in [-0.15, -0.1) is 0 Å². The van der Waals surface area contributed by atoms with Gasteiger partial charge in [0, 0.05) is 23.6 Å². The van der Waals surface area contributed by atoms with E-state index in [1.807, 2.05) is 18.2 Å². The molecular formula is C17H18ClNO2. The minimum atomic E-state index is 0.0337. The van der Waals surface area contributed by atoms with Crippen molar-refractivity contribution in [3.8, 4) is 11.5 Å². The molecule has 0 amide bonds. The third-order valence-electron chi connectivity index (χ3n) is 3.63. The molecule has 0 aliphatic carbocycles. The summed E-state index contributed by atoms with van der Waals surface area (Å²) in [5.41, 5.74) is 9.16. The summed E-state index contributed by atoms with van der Waals surface area (Å²) in [7, 11) is 0. The first kappa shape index (κ1) is 14.2. The van der Waals surface area contributed by atoms with Crippen LogP contribution in [0.4, 0.5) is 0 Å². The minimum Gasteiger partial charge on any atom is -0.489 e. The maximum absolute atomic E-state index is 6.01. The molecule has 2 aromatic rings. The average Bonchev–Trinajstić information content (AvgIpc) is 2.87. The van der Waals surface area contributed by atoms with Crippen LogP contribution in [-0.4, -0.2) is 12.7 Å². The van der Waals surface area contributed by atoms with Crippen molar-refractivity contribution in [3.63, 3.8) is 0 Å². The van der Waals surface area contributed by atoms with E-state index in [0.717, 1.165) is 23.5 Å². The lowest BCUT2D eigenvalue weighted by atomic mass is 10.1. The van der Waals surface area contributed by atoms with Gasteiger partial charge in [-0.1, -0.05) is 35.4 Å². The normalized spacial score (nSPS) is 16.4. The van der Waals surface area contributed by atoms with Crippen LogP contribution in [0.15, 0.2) is 36.4 Å². The summed E-state index contributed by atoms with van der Waals surface area (Å²) in [4.78, 5) is 0. The zero-order valence-electron chi connectivity index (χ0n) is 11.9. The molecule has 4 heteroatoms. The average molecular weight is 304 g/mol. The number of rotatable bonds is 4. The molecule has 3 nitrogen and oxygen atoms in total. The van der Waals surface area contributed by atoms with Crippen LogP contribution in [0.25, 0.3) is 0 Å². The van der Waals surface area contributed by atoms with Crippen molar-refractivity contribution in [2.24, 2.45) is 5.73 Å². The van der Waals surface area contributed by atoms with E-state index in [-0.39, 0.29) is 6.10 Å². The highest BCUT2D eigenvalue weighted by atomic mass is 35.5. The van der Waals surface area contributed by atoms with Gasteiger partial charge in [0.25, 0.3) is 0 Å². The lowest BCUT2D eigenvalue weighted by Gasteiger charge is -2.15. The molecule has 1 aliphatic rings. The Morgan fingerprint density at radius 3 is 2.95 bits per heavy atom. The molecule has 2 N–H and O–H groups in total. The van der Waals surface area contributed by atoms with Gasteiger partial charge in [-0.25, -0.2) is 0 Å². The van der Waals surface area contributed by atoms with Crippen LogP contribution < -0.4 is 15.2 Å². The van der Waals surface area contributed by atoms with E-state index in [0.29, 0.717) is 18.2 Å². The number of hydrogen-bond donors (Lipinski definition) is 1. The summed E-state index contributed by atoms with van der Waals surface area (Å²) in [5.74, 6) is 1.69. The van der Waals surface area contributed by atoms with Crippen LogP contribution in [0.5, 0.6) is 11.5 Å². The molecule has 1 unspecified atom stereocenters. The highest BCUT2D eigenvalue weighted by Crippen LogP contribution is 2.30. The fourth-order valence-corrected chi connectivity index (χ4v) is 2.72. The van der Waals surface area contributed by atoms with Crippen LogP contribution in [0.3, 0.4) is 0 Å². The van der Waals surface area contributed by atoms with Crippen molar-refractivity contribution in [1.29, 1.82) is 0 Å². The standard InChI is InChI=1S/C17H18ClNO2/c1-11-2-5-16-13(6-11)7-15(21-16)10-20-17-8-14(18)4-3-12(17)9-19/h2-6,8,15H,7,9-10,19H2,1H3. The second-order valence-electron chi connectivity index (χ2n) is 5.32. The molecular weight excluding hydrogens is 286 g/mol. The van der Waals surface area contributed by atoms with Crippen molar-refractivity contribution in [2.45, 2.75) is 26.0 Å². The predicted octanol–water partition coefficient (Wildman–Crippen LogP) is 3.49. The van der Waals surface area contributed by atoms with E-state index in [9.17, 15) is 0 Å². The van der Waals surface area contributed by atoms with Gasteiger partial charge in [-0.2, -0.15) is 0 Å². The van der Waals surface area contributed by atoms with Crippen molar-refractivity contribution >= 4 is 11.6 Å². The van der Waals surface area contributed by atoms with Crippen LogP contribution in [0.2, 0.25) is 5.02 Å². The van der Waals surface area contributed by atoms with Crippen LogP contribution in [0.1, 0.15) is 16.7 Å². The van der Waals surface area contributed by atoms with Gasteiger partial charge in [-0.05, 0) is 30.7 Å². The van der Waals surface area contributed by atoms with Gasteiger partial charge in [0.2, 0.25) is 0 Å². The molecule has 0 spiro atoms. The zero-order valence-corrected chi connectivity index (χ0v) is 12.7. The van der Waals surface area contributed by atoms with Gasteiger partial charge in [0.1, 0.15) is 24.2 Å². The Morgan fingerprint density at radius 1 is 1.29 bits per heavy atom. The maximum atomic E-state index is 6.01. The number of benzene rings is 2.